The fourth-order valence-electron chi connectivity index (χ4n) is 2.09. The third-order valence-corrected chi connectivity index (χ3v) is 4.34. The lowest BCUT2D eigenvalue weighted by molar-refractivity contribution is -0.123. The van der Waals surface area contributed by atoms with Crippen molar-refractivity contribution in [2.45, 2.75) is 11.8 Å². The number of ether oxygens (including phenoxy) is 1. The largest absolute Gasteiger partial charge is 0.453 e. The molecule has 3 rings (SSSR count). The Kier molecular flexibility index (Phi) is 5.32. The minimum absolute atomic E-state index is 0.0785. The standard InChI is InChI=1S/C17H18N4O2S/c1-13-5-7-14(8-6-13)24-11-9-18-16(22)12-23-17-20-19-15-4-2-3-10-21(15)17/h2-8,10H,9,11-12H2,1H3,(H,18,22). The predicted octanol–water partition coefficient (Wildman–Crippen LogP) is 2.33. The molecule has 6 nitrogen and oxygen atoms in total. The van der Waals surface area contributed by atoms with E-state index in [1.54, 1.807) is 22.4 Å². The van der Waals surface area contributed by atoms with Gasteiger partial charge < -0.3 is 10.1 Å². The summed E-state index contributed by atoms with van der Waals surface area (Å²) in [4.78, 5) is 13.0. The molecule has 0 aliphatic heterocycles. The number of hydrogen-bond acceptors (Lipinski definition) is 5. The maximum atomic E-state index is 11.8. The first kappa shape index (κ1) is 16.3. The summed E-state index contributed by atoms with van der Waals surface area (Å²) in [5.74, 6) is 0.634. The first-order valence-electron chi connectivity index (χ1n) is 7.61. The van der Waals surface area contributed by atoms with Crippen molar-refractivity contribution in [3.05, 3.63) is 54.2 Å². The van der Waals surface area contributed by atoms with E-state index >= 15 is 0 Å². The second-order valence-corrected chi connectivity index (χ2v) is 6.38. The van der Waals surface area contributed by atoms with Crippen molar-refractivity contribution in [3.63, 3.8) is 0 Å². The summed E-state index contributed by atoms with van der Waals surface area (Å²) in [6.07, 6.45) is 1.79. The van der Waals surface area contributed by atoms with E-state index in [9.17, 15) is 4.79 Å². The van der Waals surface area contributed by atoms with Gasteiger partial charge in [-0.1, -0.05) is 28.9 Å². The molecule has 3 aromatic rings. The molecule has 0 fully saturated rings. The van der Waals surface area contributed by atoms with Crippen LogP contribution in [0.4, 0.5) is 0 Å². The molecule has 0 radical (unpaired) electrons. The zero-order valence-electron chi connectivity index (χ0n) is 13.3. The molecule has 0 bridgehead atoms. The minimum Gasteiger partial charge on any atom is -0.453 e. The van der Waals surface area contributed by atoms with Crippen molar-refractivity contribution >= 4 is 23.3 Å². The van der Waals surface area contributed by atoms with Crippen LogP contribution in [0.3, 0.4) is 0 Å². The first-order chi connectivity index (χ1) is 11.7. The van der Waals surface area contributed by atoms with Gasteiger partial charge in [-0.2, -0.15) is 0 Å². The smallest absolute Gasteiger partial charge is 0.322 e. The fourth-order valence-corrected chi connectivity index (χ4v) is 2.86. The van der Waals surface area contributed by atoms with Crippen LogP contribution in [0.5, 0.6) is 6.01 Å². The number of aromatic nitrogens is 3. The second kappa shape index (κ2) is 7.83. The van der Waals surface area contributed by atoms with Crippen molar-refractivity contribution in [1.29, 1.82) is 0 Å². The Labute approximate surface area is 144 Å². The Morgan fingerprint density at radius 3 is 2.88 bits per heavy atom. The summed E-state index contributed by atoms with van der Waals surface area (Å²) in [5, 5.41) is 10.7. The molecule has 0 unspecified atom stereocenters. The number of carbonyl (C=O) groups excluding carboxylic acids is 1. The zero-order valence-corrected chi connectivity index (χ0v) is 14.1. The minimum atomic E-state index is -0.174. The van der Waals surface area contributed by atoms with Crippen LogP contribution in [0.2, 0.25) is 0 Å². The highest BCUT2D eigenvalue weighted by atomic mass is 32.2. The van der Waals surface area contributed by atoms with E-state index in [2.05, 4.69) is 46.7 Å². The Balaban J connectivity index is 1.39. The quantitative estimate of drug-likeness (QED) is 0.527. The van der Waals surface area contributed by atoms with Gasteiger partial charge >= 0.3 is 6.01 Å². The van der Waals surface area contributed by atoms with Gasteiger partial charge in [-0.25, -0.2) is 0 Å². The average Bonchev–Trinajstić information content (AvgIpc) is 3.02. The Morgan fingerprint density at radius 1 is 1.21 bits per heavy atom. The van der Waals surface area contributed by atoms with E-state index in [0.29, 0.717) is 18.2 Å². The molecule has 0 saturated carbocycles. The average molecular weight is 342 g/mol. The fraction of sp³-hybridized carbons (Fsp3) is 0.235. The number of nitrogens with one attached hydrogen (secondary N) is 1. The summed E-state index contributed by atoms with van der Waals surface area (Å²) >= 11 is 1.71. The van der Waals surface area contributed by atoms with Crippen LogP contribution in [-0.2, 0) is 4.79 Å². The van der Waals surface area contributed by atoms with Gasteiger partial charge in [0.15, 0.2) is 12.3 Å². The van der Waals surface area contributed by atoms with E-state index in [1.807, 2.05) is 18.2 Å². The molecule has 1 N–H and O–H groups in total. The van der Waals surface area contributed by atoms with Gasteiger partial charge in [-0.3, -0.25) is 9.20 Å². The molecule has 2 aromatic heterocycles. The molecule has 124 valence electrons. The number of amides is 1. The van der Waals surface area contributed by atoms with Crippen LogP contribution in [-0.4, -0.2) is 39.4 Å². The number of rotatable bonds is 7. The van der Waals surface area contributed by atoms with Crippen LogP contribution >= 0.6 is 11.8 Å². The number of hydrogen-bond donors (Lipinski definition) is 1. The van der Waals surface area contributed by atoms with Gasteiger partial charge in [0.25, 0.3) is 5.91 Å². The first-order valence-corrected chi connectivity index (χ1v) is 8.60. The van der Waals surface area contributed by atoms with Crippen LogP contribution in [0.1, 0.15) is 5.56 Å². The lowest BCUT2D eigenvalue weighted by Gasteiger charge is -2.06. The molecule has 2 heterocycles. The predicted molar refractivity (Wildman–Crippen MR) is 93.4 cm³/mol. The van der Waals surface area contributed by atoms with Gasteiger partial charge in [-0.05, 0) is 31.2 Å². The lowest BCUT2D eigenvalue weighted by Crippen LogP contribution is -2.30. The maximum Gasteiger partial charge on any atom is 0.322 e. The van der Waals surface area contributed by atoms with Gasteiger partial charge in [0, 0.05) is 23.4 Å². The molecule has 0 aliphatic rings. The van der Waals surface area contributed by atoms with Gasteiger partial charge in [0.2, 0.25) is 0 Å². The molecule has 1 amide bonds. The number of aryl methyl sites for hydroxylation is 1. The summed E-state index contributed by atoms with van der Waals surface area (Å²) in [7, 11) is 0. The highest BCUT2D eigenvalue weighted by molar-refractivity contribution is 7.99. The maximum absolute atomic E-state index is 11.8. The molecule has 24 heavy (non-hydrogen) atoms. The highest BCUT2D eigenvalue weighted by Gasteiger charge is 2.08. The van der Waals surface area contributed by atoms with Gasteiger partial charge in [0.05, 0.1) is 0 Å². The number of benzene rings is 1. The molecule has 1 aromatic carbocycles. The van der Waals surface area contributed by atoms with Crippen molar-refractivity contribution in [1.82, 2.24) is 19.9 Å². The SMILES string of the molecule is Cc1ccc(SCCNC(=O)COc2nnc3ccccn23)cc1. The summed E-state index contributed by atoms with van der Waals surface area (Å²) in [5.41, 5.74) is 1.92. The highest BCUT2D eigenvalue weighted by Crippen LogP contribution is 2.17. The van der Waals surface area contributed by atoms with E-state index in [1.165, 1.54) is 10.5 Å². The Morgan fingerprint density at radius 2 is 2.04 bits per heavy atom. The molecule has 0 spiro atoms. The number of pyridine rings is 1. The van der Waals surface area contributed by atoms with E-state index in [-0.39, 0.29) is 12.5 Å². The van der Waals surface area contributed by atoms with E-state index in [4.69, 9.17) is 4.74 Å². The molecular weight excluding hydrogens is 324 g/mol. The number of thioether (sulfide) groups is 1. The lowest BCUT2D eigenvalue weighted by atomic mass is 10.2. The third-order valence-electron chi connectivity index (χ3n) is 3.33. The van der Waals surface area contributed by atoms with Crippen molar-refractivity contribution in [2.75, 3.05) is 18.9 Å². The topological polar surface area (TPSA) is 68.5 Å². The van der Waals surface area contributed by atoms with Crippen molar-refractivity contribution < 1.29 is 9.53 Å². The van der Waals surface area contributed by atoms with E-state index < -0.39 is 0 Å². The summed E-state index contributed by atoms with van der Waals surface area (Å²) in [6, 6.07) is 14.2. The molecule has 0 saturated heterocycles. The summed E-state index contributed by atoms with van der Waals surface area (Å²) in [6.45, 7) is 2.57. The number of fused-ring (bicyclic) bond motifs is 1. The van der Waals surface area contributed by atoms with Crippen LogP contribution in [0, 0.1) is 6.92 Å². The van der Waals surface area contributed by atoms with Crippen LogP contribution < -0.4 is 10.1 Å². The van der Waals surface area contributed by atoms with Crippen molar-refractivity contribution in [2.24, 2.45) is 0 Å². The Hall–Kier alpha value is -2.54. The third kappa shape index (κ3) is 4.26. The van der Waals surface area contributed by atoms with Gasteiger partial charge in [-0.15, -0.1) is 16.9 Å². The molecule has 0 aliphatic carbocycles. The Bertz CT molecular complexity index is 817. The van der Waals surface area contributed by atoms with Crippen LogP contribution in [0.15, 0.2) is 53.6 Å². The number of carbonyl (C=O) groups is 1. The summed E-state index contributed by atoms with van der Waals surface area (Å²) < 4.78 is 7.12. The van der Waals surface area contributed by atoms with E-state index in [0.717, 1.165) is 5.75 Å². The monoisotopic (exact) mass is 342 g/mol. The molecular formula is C17H18N4O2S. The van der Waals surface area contributed by atoms with Crippen molar-refractivity contribution in [3.8, 4) is 6.01 Å². The molecule has 7 heteroatoms. The number of nitrogens with zero attached hydrogens (tertiary/aromatic N) is 3. The molecule has 0 atom stereocenters. The second-order valence-electron chi connectivity index (χ2n) is 5.21. The zero-order chi connectivity index (χ0) is 16.8. The van der Waals surface area contributed by atoms with Crippen LogP contribution in [0.25, 0.3) is 5.65 Å². The normalized spacial score (nSPS) is 10.7. The van der Waals surface area contributed by atoms with Gasteiger partial charge in [0.1, 0.15) is 0 Å².